The average molecular weight is 359 g/mol. The summed E-state index contributed by atoms with van der Waals surface area (Å²) in [4.78, 5) is 4.85. The summed E-state index contributed by atoms with van der Waals surface area (Å²) in [5.41, 5.74) is 2.03. The van der Waals surface area contributed by atoms with Gasteiger partial charge in [-0.2, -0.15) is 4.31 Å². The molecule has 2 atom stereocenters. The summed E-state index contributed by atoms with van der Waals surface area (Å²) in [6, 6.07) is 10.4. The monoisotopic (exact) mass is 359 g/mol. The molecule has 0 amide bonds. The largest absolute Gasteiger partial charge is 0.497 e. The summed E-state index contributed by atoms with van der Waals surface area (Å²) in [5.74, 6) is 1.15. The molecule has 6 nitrogen and oxygen atoms in total. The fourth-order valence-corrected chi connectivity index (χ4v) is 5.23. The summed E-state index contributed by atoms with van der Waals surface area (Å²) >= 11 is 0. The Bertz CT molecular complexity index is 867. The molecule has 0 radical (unpaired) electrons. The van der Waals surface area contributed by atoms with Gasteiger partial charge >= 0.3 is 0 Å². The van der Waals surface area contributed by atoms with Crippen LogP contribution in [0.2, 0.25) is 0 Å². The highest BCUT2D eigenvalue weighted by Gasteiger charge is 2.39. The van der Waals surface area contributed by atoms with Gasteiger partial charge in [-0.05, 0) is 48.4 Å². The Morgan fingerprint density at radius 3 is 2.76 bits per heavy atom. The Labute approximate surface area is 147 Å². The molecule has 0 spiro atoms. The van der Waals surface area contributed by atoms with Crippen LogP contribution in [0.5, 0.6) is 5.75 Å². The number of pyridine rings is 1. The van der Waals surface area contributed by atoms with Crippen LogP contribution in [0.25, 0.3) is 0 Å². The van der Waals surface area contributed by atoms with Gasteiger partial charge in [0.05, 0.1) is 12.0 Å². The summed E-state index contributed by atoms with van der Waals surface area (Å²) in [6.45, 7) is 2.54. The topological polar surface area (TPSA) is 71.5 Å². The normalized spacial score (nSPS) is 23.6. The molecule has 1 aromatic carbocycles. The number of sulfonamides is 1. The minimum Gasteiger partial charge on any atom is -0.497 e. The molecule has 0 saturated carbocycles. The van der Waals surface area contributed by atoms with Crippen molar-refractivity contribution in [1.82, 2.24) is 14.6 Å². The Kier molecular flexibility index (Phi) is 4.23. The lowest BCUT2D eigenvalue weighted by Crippen LogP contribution is -2.35. The maximum Gasteiger partial charge on any atom is 0.243 e. The number of methoxy groups -OCH3 is 1. The lowest BCUT2D eigenvalue weighted by atomic mass is 9.91. The minimum atomic E-state index is -3.57. The Morgan fingerprint density at radius 1 is 1.20 bits per heavy atom. The smallest absolute Gasteiger partial charge is 0.243 e. The van der Waals surface area contributed by atoms with Gasteiger partial charge in [-0.15, -0.1) is 0 Å². The van der Waals surface area contributed by atoms with E-state index in [1.165, 1.54) is 0 Å². The lowest BCUT2D eigenvalue weighted by Gasteiger charge is -2.23. The van der Waals surface area contributed by atoms with E-state index in [0.29, 0.717) is 23.7 Å². The van der Waals surface area contributed by atoms with Crippen molar-refractivity contribution in [1.29, 1.82) is 0 Å². The number of hydrogen-bond acceptors (Lipinski definition) is 5. The van der Waals surface area contributed by atoms with Crippen molar-refractivity contribution < 1.29 is 13.2 Å². The van der Waals surface area contributed by atoms with Gasteiger partial charge in [0.2, 0.25) is 10.0 Å². The third-order valence-electron chi connectivity index (χ3n) is 5.10. The molecule has 0 unspecified atom stereocenters. The van der Waals surface area contributed by atoms with E-state index in [1.807, 2.05) is 12.1 Å². The SMILES string of the molecule is COc1ccc(S(=O)(=O)N2Cc3cccnc3[C@H]3CNC[C@@H]3C2)cc1. The van der Waals surface area contributed by atoms with Crippen LogP contribution in [0.15, 0.2) is 47.5 Å². The van der Waals surface area contributed by atoms with Crippen molar-refractivity contribution >= 4 is 10.0 Å². The van der Waals surface area contributed by atoms with Crippen LogP contribution in [-0.2, 0) is 16.6 Å². The molecule has 4 rings (SSSR count). The molecular formula is C18H21N3O3S. The molecule has 7 heteroatoms. The fraction of sp³-hybridized carbons (Fsp3) is 0.389. The molecule has 1 saturated heterocycles. The van der Waals surface area contributed by atoms with Crippen molar-refractivity contribution in [2.75, 3.05) is 26.7 Å². The third-order valence-corrected chi connectivity index (χ3v) is 6.93. The number of rotatable bonds is 3. The second-order valence-corrected chi connectivity index (χ2v) is 8.48. The minimum absolute atomic E-state index is 0.240. The number of benzene rings is 1. The maximum absolute atomic E-state index is 13.2. The van der Waals surface area contributed by atoms with E-state index in [-0.39, 0.29) is 11.8 Å². The summed E-state index contributed by atoms with van der Waals surface area (Å²) < 4.78 is 33.1. The lowest BCUT2D eigenvalue weighted by molar-refractivity contribution is 0.349. The number of aromatic nitrogens is 1. The van der Waals surface area contributed by atoms with Gasteiger partial charge in [0.15, 0.2) is 0 Å². The molecular weight excluding hydrogens is 338 g/mol. The van der Waals surface area contributed by atoms with Crippen LogP contribution in [0.1, 0.15) is 17.2 Å². The highest BCUT2D eigenvalue weighted by molar-refractivity contribution is 7.89. The summed E-state index contributed by atoms with van der Waals surface area (Å²) in [7, 11) is -2.00. The Morgan fingerprint density at radius 2 is 2.00 bits per heavy atom. The van der Waals surface area contributed by atoms with Crippen molar-refractivity contribution in [3.05, 3.63) is 53.9 Å². The van der Waals surface area contributed by atoms with E-state index in [0.717, 1.165) is 24.3 Å². The van der Waals surface area contributed by atoms with Crippen molar-refractivity contribution in [2.45, 2.75) is 17.4 Å². The molecule has 25 heavy (non-hydrogen) atoms. The molecule has 0 bridgehead atoms. The van der Waals surface area contributed by atoms with Crippen LogP contribution >= 0.6 is 0 Å². The van der Waals surface area contributed by atoms with E-state index >= 15 is 0 Å². The number of ether oxygens (including phenoxy) is 1. The predicted octanol–water partition coefficient (Wildman–Crippen LogP) is 1.60. The highest BCUT2D eigenvalue weighted by atomic mass is 32.2. The van der Waals surface area contributed by atoms with Crippen LogP contribution in [-0.4, -0.2) is 44.5 Å². The van der Waals surface area contributed by atoms with Gasteiger partial charge in [0, 0.05) is 37.4 Å². The molecule has 2 aromatic rings. The molecule has 2 aliphatic rings. The van der Waals surface area contributed by atoms with E-state index in [2.05, 4.69) is 10.3 Å². The highest BCUT2D eigenvalue weighted by Crippen LogP contribution is 2.35. The Hall–Kier alpha value is -1.96. The van der Waals surface area contributed by atoms with Gasteiger partial charge < -0.3 is 10.1 Å². The molecule has 2 aliphatic heterocycles. The van der Waals surface area contributed by atoms with E-state index in [1.54, 1.807) is 41.9 Å². The summed E-state index contributed by atoms with van der Waals surface area (Å²) in [6.07, 6.45) is 1.79. The third kappa shape index (κ3) is 2.92. The zero-order valence-corrected chi connectivity index (χ0v) is 14.9. The quantitative estimate of drug-likeness (QED) is 0.901. The van der Waals surface area contributed by atoms with Gasteiger partial charge in [0.25, 0.3) is 0 Å². The zero-order chi connectivity index (χ0) is 17.4. The first-order valence-electron chi connectivity index (χ1n) is 8.38. The fourth-order valence-electron chi connectivity index (χ4n) is 3.76. The van der Waals surface area contributed by atoms with E-state index in [9.17, 15) is 8.42 Å². The first-order chi connectivity index (χ1) is 12.1. The van der Waals surface area contributed by atoms with Gasteiger partial charge in [0.1, 0.15) is 5.75 Å². The van der Waals surface area contributed by atoms with Gasteiger partial charge in [-0.1, -0.05) is 6.07 Å². The van der Waals surface area contributed by atoms with Gasteiger partial charge in [-0.25, -0.2) is 8.42 Å². The van der Waals surface area contributed by atoms with Crippen molar-refractivity contribution in [3.63, 3.8) is 0 Å². The molecule has 3 heterocycles. The molecule has 0 aliphatic carbocycles. The van der Waals surface area contributed by atoms with Crippen LogP contribution in [0, 0.1) is 5.92 Å². The molecule has 132 valence electrons. The second kappa shape index (κ2) is 6.40. The second-order valence-electron chi connectivity index (χ2n) is 6.55. The number of nitrogens with zero attached hydrogens (tertiary/aromatic N) is 2. The van der Waals surface area contributed by atoms with E-state index in [4.69, 9.17) is 4.74 Å². The van der Waals surface area contributed by atoms with Crippen LogP contribution < -0.4 is 10.1 Å². The average Bonchev–Trinajstić information content (AvgIpc) is 3.03. The predicted molar refractivity (Wildman–Crippen MR) is 93.9 cm³/mol. The first kappa shape index (κ1) is 16.5. The van der Waals surface area contributed by atoms with Gasteiger partial charge in [-0.3, -0.25) is 4.98 Å². The number of hydrogen-bond donors (Lipinski definition) is 1. The van der Waals surface area contributed by atoms with Crippen molar-refractivity contribution in [2.24, 2.45) is 5.92 Å². The first-order valence-corrected chi connectivity index (χ1v) is 9.82. The number of nitrogens with one attached hydrogen (secondary N) is 1. The summed E-state index contributed by atoms with van der Waals surface area (Å²) in [5, 5.41) is 3.38. The Balaban J connectivity index is 1.72. The van der Waals surface area contributed by atoms with Crippen LogP contribution in [0.3, 0.4) is 0 Å². The molecule has 1 N–H and O–H groups in total. The maximum atomic E-state index is 13.2. The molecule has 1 fully saturated rings. The molecule has 1 aromatic heterocycles. The van der Waals surface area contributed by atoms with Crippen molar-refractivity contribution in [3.8, 4) is 5.75 Å². The van der Waals surface area contributed by atoms with Crippen LogP contribution in [0.4, 0.5) is 0 Å². The number of fused-ring (bicyclic) bond motifs is 3. The standard InChI is InChI=1S/C18H21N3O3S/c1-24-15-4-6-16(7-5-15)25(22,23)21-11-13-3-2-8-20-18(13)17-10-19-9-14(17)12-21/h2-8,14,17,19H,9-12H2,1H3/t14-,17+/m1/s1. The van der Waals surface area contributed by atoms with E-state index < -0.39 is 10.0 Å². The zero-order valence-electron chi connectivity index (χ0n) is 14.1.